The van der Waals surface area contributed by atoms with E-state index in [9.17, 15) is 9.59 Å². The van der Waals surface area contributed by atoms with E-state index in [1.165, 1.54) is 0 Å². The van der Waals surface area contributed by atoms with Crippen LogP contribution < -0.4 is 5.32 Å². The summed E-state index contributed by atoms with van der Waals surface area (Å²) >= 11 is 0. The molecule has 2 heterocycles. The Labute approximate surface area is 93.0 Å². The van der Waals surface area contributed by atoms with Gasteiger partial charge in [0, 0.05) is 31.9 Å². The number of hydrogen-bond donors (Lipinski definition) is 2. The average Bonchev–Trinajstić information content (AvgIpc) is 2.75. The van der Waals surface area contributed by atoms with Crippen LogP contribution in [0.5, 0.6) is 0 Å². The fraction of sp³-hybridized carbons (Fsp3) is 0.500. The number of imidazole rings is 1. The Bertz CT molecular complexity index is 426. The Morgan fingerprint density at radius 3 is 2.94 bits per heavy atom. The number of aromatic amines is 1. The van der Waals surface area contributed by atoms with Gasteiger partial charge in [-0.1, -0.05) is 0 Å². The molecule has 6 nitrogen and oxygen atoms in total. The minimum Gasteiger partial charge on any atom is -0.344 e. The minimum absolute atomic E-state index is 0.0564. The predicted molar refractivity (Wildman–Crippen MR) is 56.8 cm³/mol. The van der Waals surface area contributed by atoms with Crippen LogP contribution in [0.15, 0.2) is 6.20 Å². The van der Waals surface area contributed by atoms with Gasteiger partial charge in [0.1, 0.15) is 0 Å². The number of aryl methyl sites for hydroxylation is 1. The second kappa shape index (κ2) is 3.96. The van der Waals surface area contributed by atoms with Crippen LogP contribution in [0.2, 0.25) is 0 Å². The van der Waals surface area contributed by atoms with E-state index in [4.69, 9.17) is 0 Å². The van der Waals surface area contributed by atoms with Gasteiger partial charge in [0.2, 0.25) is 5.91 Å². The SMILES string of the molecule is Cc1cnc(C(=O)N[C@@H]2CC(=O)N(C)C2)[nH]1. The number of H-pyrrole nitrogens is 1. The maximum atomic E-state index is 11.7. The molecule has 0 aliphatic carbocycles. The van der Waals surface area contributed by atoms with Crippen LogP contribution in [0.25, 0.3) is 0 Å². The molecule has 1 aliphatic heterocycles. The summed E-state index contributed by atoms with van der Waals surface area (Å²) in [5.41, 5.74) is 0.838. The standard InChI is InChI=1S/C10H14N4O2/c1-6-4-11-9(12-6)10(16)13-7-3-8(15)14(2)5-7/h4,7H,3,5H2,1-2H3,(H,11,12)(H,13,16)/t7-/m1/s1. The van der Waals surface area contributed by atoms with Gasteiger partial charge in [-0.05, 0) is 6.92 Å². The Hall–Kier alpha value is -1.85. The molecule has 1 fully saturated rings. The number of likely N-dealkylation sites (tertiary alicyclic amines) is 1. The highest BCUT2D eigenvalue weighted by atomic mass is 16.2. The molecule has 0 saturated carbocycles. The second-order valence-corrected chi connectivity index (χ2v) is 4.06. The van der Waals surface area contributed by atoms with Gasteiger partial charge in [-0.15, -0.1) is 0 Å². The molecular formula is C10H14N4O2. The van der Waals surface area contributed by atoms with Crippen LogP contribution in [0.3, 0.4) is 0 Å². The quantitative estimate of drug-likeness (QED) is 0.719. The fourth-order valence-electron chi connectivity index (χ4n) is 1.74. The molecule has 1 atom stereocenters. The summed E-state index contributed by atoms with van der Waals surface area (Å²) in [5, 5.41) is 2.77. The van der Waals surface area contributed by atoms with Gasteiger partial charge >= 0.3 is 0 Å². The molecular weight excluding hydrogens is 208 g/mol. The molecule has 1 aromatic heterocycles. The Balaban J connectivity index is 1.96. The van der Waals surface area contributed by atoms with E-state index in [2.05, 4.69) is 15.3 Å². The Kier molecular flexibility index (Phi) is 2.64. The molecule has 16 heavy (non-hydrogen) atoms. The average molecular weight is 222 g/mol. The summed E-state index contributed by atoms with van der Waals surface area (Å²) in [5.74, 6) is 0.0848. The summed E-state index contributed by atoms with van der Waals surface area (Å²) in [4.78, 5) is 31.3. The zero-order valence-electron chi connectivity index (χ0n) is 9.28. The number of carbonyl (C=O) groups excluding carboxylic acids is 2. The van der Waals surface area contributed by atoms with Gasteiger partial charge in [-0.2, -0.15) is 0 Å². The van der Waals surface area contributed by atoms with E-state index in [-0.39, 0.29) is 17.9 Å². The Morgan fingerprint density at radius 2 is 2.44 bits per heavy atom. The van der Waals surface area contributed by atoms with E-state index in [0.717, 1.165) is 5.69 Å². The molecule has 6 heteroatoms. The number of amides is 2. The van der Waals surface area contributed by atoms with Crippen molar-refractivity contribution in [3.63, 3.8) is 0 Å². The number of likely N-dealkylation sites (N-methyl/N-ethyl adjacent to an activating group) is 1. The molecule has 0 unspecified atom stereocenters. The molecule has 0 radical (unpaired) electrons. The number of hydrogen-bond acceptors (Lipinski definition) is 3. The third-order valence-electron chi connectivity index (χ3n) is 2.59. The van der Waals surface area contributed by atoms with Crippen molar-refractivity contribution in [2.75, 3.05) is 13.6 Å². The maximum absolute atomic E-state index is 11.7. The summed E-state index contributed by atoms with van der Waals surface area (Å²) in [6.07, 6.45) is 1.96. The normalized spacial score (nSPS) is 20.2. The molecule has 2 amide bonds. The molecule has 2 N–H and O–H groups in total. The molecule has 0 spiro atoms. The maximum Gasteiger partial charge on any atom is 0.287 e. The van der Waals surface area contributed by atoms with Crippen molar-refractivity contribution < 1.29 is 9.59 Å². The van der Waals surface area contributed by atoms with Crippen molar-refractivity contribution >= 4 is 11.8 Å². The van der Waals surface area contributed by atoms with E-state index in [1.54, 1.807) is 18.1 Å². The predicted octanol–water partition coefficient (Wildman–Crippen LogP) is -0.321. The van der Waals surface area contributed by atoms with Gasteiger partial charge in [0.05, 0.1) is 6.04 Å². The molecule has 86 valence electrons. The van der Waals surface area contributed by atoms with E-state index >= 15 is 0 Å². The van der Waals surface area contributed by atoms with Gasteiger partial charge in [-0.3, -0.25) is 9.59 Å². The lowest BCUT2D eigenvalue weighted by Crippen LogP contribution is -2.37. The third kappa shape index (κ3) is 2.05. The fourth-order valence-corrected chi connectivity index (χ4v) is 1.74. The monoisotopic (exact) mass is 222 g/mol. The van der Waals surface area contributed by atoms with Crippen molar-refractivity contribution in [2.24, 2.45) is 0 Å². The highest BCUT2D eigenvalue weighted by molar-refractivity contribution is 5.91. The van der Waals surface area contributed by atoms with Crippen LogP contribution >= 0.6 is 0 Å². The van der Waals surface area contributed by atoms with Crippen LogP contribution in [0.1, 0.15) is 22.7 Å². The minimum atomic E-state index is -0.263. The topological polar surface area (TPSA) is 78.1 Å². The third-order valence-corrected chi connectivity index (χ3v) is 2.59. The molecule has 1 aliphatic rings. The lowest BCUT2D eigenvalue weighted by atomic mass is 10.2. The summed E-state index contributed by atoms with van der Waals surface area (Å²) < 4.78 is 0. The van der Waals surface area contributed by atoms with Crippen LogP contribution in [-0.4, -0.2) is 46.3 Å². The number of rotatable bonds is 2. The molecule has 0 bridgehead atoms. The molecule has 1 aromatic rings. The summed E-state index contributed by atoms with van der Waals surface area (Å²) in [6, 6.07) is -0.115. The highest BCUT2D eigenvalue weighted by Crippen LogP contribution is 2.08. The van der Waals surface area contributed by atoms with Gasteiger partial charge < -0.3 is 15.2 Å². The molecule has 2 rings (SSSR count). The summed E-state index contributed by atoms with van der Waals surface area (Å²) in [7, 11) is 1.73. The van der Waals surface area contributed by atoms with Crippen LogP contribution in [-0.2, 0) is 4.79 Å². The summed E-state index contributed by atoms with van der Waals surface area (Å²) in [6.45, 7) is 2.39. The number of aromatic nitrogens is 2. The first kappa shape index (κ1) is 10.7. The lowest BCUT2D eigenvalue weighted by molar-refractivity contribution is -0.126. The van der Waals surface area contributed by atoms with Gasteiger partial charge in [-0.25, -0.2) is 4.98 Å². The zero-order valence-corrected chi connectivity index (χ0v) is 9.28. The largest absolute Gasteiger partial charge is 0.344 e. The van der Waals surface area contributed by atoms with Crippen molar-refractivity contribution in [3.8, 4) is 0 Å². The van der Waals surface area contributed by atoms with E-state index < -0.39 is 0 Å². The van der Waals surface area contributed by atoms with Crippen molar-refractivity contribution in [2.45, 2.75) is 19.4 Å². The second-order valence-electron chi connectivity index (χ2n) is 4.06. The van der Waals surface area contributed by atoms with Gasteiger partial charge in [0.25, 0.3) is 5.91 Å². The Morgan fingerprint density at radius 1 is 1.69 bits per heavy atom. The lowest BCUT2D eigenvalue weighted by Gasteiger charge is -2.10. The van der Waals surface area contributed by atoms with E-state index in [1.807, 2.05) is 6.92 Å². The first-order valence-electron chi connectivity index (χ1n) is 5.12. The zero-order chi connectivity index (χ0) is 11.7. The molecule has 0 aromatic carbocycles. The first-order valence-corrected chi connectivity index (χ1v) is 5.12. The smallest absolute Gasteiger partial charge is 0.287 e. The van der Waals surface area contributed by atoms with E-state index in [0.29, 0.717) is 18.8 Å². The number of nitrogens with one attached hydrogen (secondary N) is 2. The van der Waals surface area contributed by atoms with Gasteiger partial charge in [0.15, 0.2) is 5.82 Å². The van der Waals surface area contributed by atoms with Crippen molar-refractivity contribution in [1.82, 2.24) is 20.2 Å². The number of nitrogens with zero attached hydrogens (tertiary/aromatic N) is 2. The van der Waals surface area contributed by atoms with Crippen LogP contribution in [0.4, 0.5) is 0 Å². The number of carbonyl (C=O) groups is 2. The van der Waals surface area contributed by atoms with Crippen LogP contribution in [0, 0.1) is 6.92 Å². The van der Waals surface area contributed by atoms with Crippen molar-refractivity contribution in [1.29, 1.82) is 0 Å². The van der Waals surface area contributed by atoms with Crippen molar-refractivity contribution in [3.05, 3.63) is 17.7 Å². The first-order chi connectivity index (χ1) is 7.56. The highest BCUT2D eigenvalue weighted by Gasteiger charge is 2.28. The molecule has 1 saturated heterocycles.